The van der Waals surface area contributed by atoms with E-state index in [0.717, 1.165) is 18.4 Å². The quantitative estimate of drug-likeness (QED) is 0.697. The maximum atomic E-state index is 9.57. The topological polar surface area (TPSA) is 33.1 Å². The first-order valence-electron chi connectivity index (χ1n) is 4.51. The molecular formula is C11H15NO. The second-order valence-electron chi connectivity index (χ2n) is 3.08. The highest BCUT2D eigenvalue weighted by atomic mass is 16.3. The molecule has 2 heteroatoms. The van der Waals surface area contributed by atoms with Crippen LogP contribution in [0.4, 0.5) is 0 Å². The Hall–Kier alpha value is -1.15. The van der Waals surface area contributed by atoms with E-state index in [9.17, 15) is 5.11 Å². The lowest BCUT2D eigenvalue weighted by Gasteiger charge is -2.08. The molecule has 1 rings (SSSR count). The molecule has 1 atom stereocenters. The number of hydrogen-bond donors (Lipinski definition) is 1. The summed E-state index contributed by atoms with van der Waals surface area (Å²) in [5.74, 6) is 0. The highest BCUT2D eigenvalue weighted by molar-refractivity contribution is 5.10. The highest BCUT2D eigenvalue weighted by Gasteiger charge is 2.03. The molecule has 0 amide bonds. The minimum absolute atomic E-state index is 0.264. The van der Waals surface area contributed by atoms with E-state index in [-0.39, 0.29) is 6.10 Å². The molecule has 0 fully saturated rings. The van der Waals surface area contributed by atoms with Crippen molar-refractivity contribution in [2.45, 2.75) is 25.4 Å². The van der Waals surface area contributed by atoms with Gasteiger partial charge < -0.3 is 5.11 Å². The van der Waals surface area contributed by atoms with E-state index in [2.05, 4.69) is 11.6 Å². The van der Waals surface area contributed by atoms with Gasteiger partial charge in [0, 0.05) is 12.4 Å². The van der Waals surface area contributed by atoms with Crippen LogP contribution in [0.2, 0.25) is 0 Å². The van der Waals surface area contributed by atoms with Gasteiger partial charge in [-0.2, -0.15) is 0 Å². The molecule has 0 radical (unpaired) electrons. The van der Waals surface area contributed by atoms with Crippen molar-refractivity contribution in [3.8, 4) is 0 Å². The van der Waals surface area contributed by atoms with Gasteiger partial charge in [-0.25, -0.2) is 0 Å². The van der Waals surface area contributed by atoms with Crippen LogP contribution < -0.4 is 0 Å². The zero-order valence-electron chi connectivity index (χ0n) is 7.69. The Morgan fingerprint density at radius 2 is 2.15 bits per heavy atom. The second-order valence-corrected chi connectivity index (χ2v) is 3.08. The Bertz CT molecular complexity index is 246. The Labute approximate surface area is 78.9 Å². The molecule has 1 aromatic rings. The maximum absolute atomic E-state index is 9.57. The average Bonchev–Trinajstić information content (AvgIpc) is 2.16. The minimum atomic E-state index is -0.264. The first-order valence-corrected chi connectivity index (χ1v) is 4.51. The second kappa shape index (κ2) is 5.49. The number of rotatable bonds is 5. The maximum Gasteiger partial charge on any atom is 0.0583 e. The summed E-state index contributed by atoms with van der Waals surface area (Å²) in [5, 5.41) is 9.57. The molecule has 0 aliphatic carbocycles. The Morgan fingerprint density at radius 3 is 2.77 bits per heavy atom. The molecule has 1 aromatic heterocycles. The molecule has 0 aliphatic rings. The van der Waals surface area contributed by atoms with Crippen LogP contribution in [0, 0.1) is 0 Å². The van der Waals surface area contributed by atoms with Gasteiger partial charge in [0.25, 0.3) is 0 Å². The zero-order valence-corrected chi connectivity index (χ0v) is 7.69. The van der Waals surface area contributed by atoms with Crippen molar-refractivity contribution in [3.63, 3.8) is 0 Å². The van der Waals surface area contributed by atoms with Crippen molar-refractivity contribution in [1.29, 1.82) is 0 Å². The van der Waals surface area contributed by atoms with Gasteiger partial charge in [-0.15, -0.1) is 6.58 Å². The third-order valence-corrected chi connectivity index (χ3v) is 1.92. The van der Waals surface area contributed by atoms with Crippen molar-refractivity contribution < 1.29 is 5.11 Å². The molecular weight excluding hydrogens is 162 g/mol. The molecule has 13 heavy (non-hydrogen) atoms. The van der Waals surface area contributed by atoms with Gasteiger partial charge >= 0.3 is 0 Å². The van der Waals surface area contributed by atoms with Gasteiger partial charge in [0.15, 0.2) is 0 Å². The monoisotopic (exact) mass is 177 g/mol. The third kappa shape index (κ3) is 3.85. The fourth-order valence-electron chi connectivity index (χ4n) is 1.20. The van der Waals surface area contributed by atoms with Crippen LogP contribution in [0.25, 0.3) is 0 Å². The summed E-state index contributed by atoms with van der Waals surface area (Å²) < 4.78 is 0. The van der Waals surface area contributed by atoms with Gasteiger partial charge in [-0.05, 0) is 37.0 Å². The van der Waals surface area contributed by atoms with Gasteiger partial charge in [-0.1, -0.05) is 6.08 Å². The average molecular weight is 177 g/mol. The number of allylic oxidation sites excluding steroid dienone is 1. The lowest BCUT2D eigenvalue weighted by Crippen LogP contribution is -2.09. The van der Waals surface area contributed by atoms with E-state index in [1.165, 1.54) is 0 Å². The number of hydrogen-bond acceptors (Lipinski definition) is 2. The van der Waals surface area contributed by atoms with Crippen LogP contribution in [-0.4, -0.2) is 16.2 Å². The fraction of sp³-hybridized carbons (Fsp3) is 0.364. The van der Waals surface area contributed by atoms with Crippen LogP contribution in [0.5, 0.6) is 0 Å². The van der Waals surface area contributed by atoms with Crippen molar-refractivity contribution >= 4 is 0 Å². The number of nitrogens with zero attached hydrogens (tertiary/aromatic N) is 1. The summed E-state index contributed by atoms with van der Waals surface area (Å²) >= 11 is 0. The summed E-state index contributed by atoms with van der Waals surface area (Å²) in [4.78, 5) is 3.92. The van der Waals surface area contributed by atoms with E-state index < -0.39 is 0 Å². The summed E-state index contributed by atoms with van der Waals surface area (Å²) in [6, 6.07) is 3.86. The van der Waals surface area contributed by atoms with E-state index >= 15 is 0 Å². The number of pyridine rings is 1. The van der Waals surface area contributed by atoms with Crippen LogP contribution in [0.15, 0.2) is 37.2 Å². The first kappa shape index (κ1) is 9.93. The molecule has 1 unspecified atom stereocenters. The van der Waals surface area contributed by atoms with Crippen LogP contribution in [-0.2, 0) is 6.42 Å². The zero-order chi connectivity index (χ0) is 9.52. The minimum Gasteiger partial charge on any atom is -0.393 e. The summed E-state index contributed by atoms with van der Waals surface area (Å²) in [6.45, 7) is 3.62. The van der Waals surface area contributed by atoms with Crippen molar-refractivity contribution in [1.82, 2.24) is 4.98 Å². The van der Waals surface area contributed by atoms with Crippen molar-refractivity contribution in [3.05, 3.63) is 42.7 Å². The molecule has 1 N–H and O–H groups in total. The SMILES string of the molecule is C=CCCC(O)Cc1ccncc1. The van der Waals surface area contributed by atoms with Crippen LogP contribution >= 0.6 is 0 Å². The third-order valence-electron chi connectivity index (χ3n) is 1.92. The van der Waals surface area contributed by atoms with Gasteiger partial charge in [0.05, 0.1) is 6.10 Å². The Kier molecular flexibility index (Phi) is 4.19. The molecule has 0 spiro atoms. The van der Waals surface area contributed by atoms with Crippen molar-refractivity contribution in [2.75, 3.05) is 0 Å². The van der Waals surface area contributed by atoms with Crippen LogP contribution in [0.1, 0.15) is 18.4 Å². The van der Waals surface area contributed by atoms with E-state index in [4.69, 9.17) is 0 Å². The highest BCUT2D eigenvalue weighted by Crippen LogP contribution is 2.06. The van der Waals surface area contributed by atoms with Gasteiger partial charge in [0.2, 0.25) is 0 Å². The normalized spacial score (nSPS) is 12.4. The Morgan fingerprint density at radius 1 is 1.46 bits per heavy atom. The van der Waals surface area contributed by atoms with E-state index in [0.29, 0.717) is 6.42 Å². The Balaban J connectivity index is 2.36. The molecule has 0 bridgehead atoms. The molecule has 70 valence electrons. The number of aliphatic hydroxyl groups excluding tert-OH is 1. The van der Waals surface area contributed by atoms with Gasteiger partial charge in [0.1, 0.15) is 0 Å². The smallest absolute Gasteiger partial charge is 0.0583 e. The van der Waals surface area contributed by atoms with Crippen molar-refractivity contribution in [2.24, 2.45) is 0 Å². The molecule has 2 nitrogen and oxygen atoms in total. The first-order chi connectivity index (χ1) is 6.33. The van der Waals surface area contributed by atoms with Crippen LogP contribution in [0.3, 0.4) is 0 Å². The molecule has 0 aromatic carbocycles. The molecule has 0 saturated heterocycles. The van der Waals surface area contributed by atoms with E-state index in [1.807, 2.05) is 18.2 Å². The summed E-state index contributed by atoms with van der Waals surface area (Å²) in [5.41, 5.74) is 1.13. The largest absolute Gasteiger partial charge is 0.393 e. The number of aromatic nitrogens is 1. The summed E-state index contributed by atoms with van der Waals surface area (Å²) in [7, 11) is 0. The number of aliphatic hydroxyl groups is 1. The fourth-order valence-corrected chi connectivity index (χ4v) is 1.20. The predicted octanol–water partition coefficient (Wildman–Crippen LogP) is 1.95. The molecule has 0 saturated carbocycles. The predicted molar refractivity (Wildman–Crippen MR) is 53.4 cm³/mol. The summed E-state index contributed by atoms with van der Waals surface area (Å²) in [6.07, 6.45) is 7.41. The van der Waals surface area contributed by atoms with E-state index in [1.54, 1.807) is 12.4 Å². The standard InChI is InChI=1S/C11H15NO/c1-2-3-4-11(13)9-10-5-7-12-8-6-10/h2,5-8,11,13H,1,3-4,9H2. The molecule has 0 aliphatic heterocycles. The van der Waals surface area contributed by atoms with Gasteiger partial charge in [-0.3, -0.25) is 4.98 Å². The lowest BCUT2D eigenvalue weighted by molar-refractivity contribution is 0.166. The molecule has 1 heterocycles. The lowest BCUT2D eigenvalue weighted by atomic mass is 10.1.